The van der Waals surface area contributed by atoms with Crippen molar-refractivity contribution in [2.24, 2.45) is 0 Å². The molecule has 76 valence electrons. The standard InChI is InChI=1S/C10H11Cl2NO/c1-7(13(2)10(12)14)8-5-3-4-6-9(8)11/h3-7H,1-2H3. The maximum atomic E-state index is 10.9. The zero-order valence-electron chi connectivity index (χ0n) is 8.00. The smallest absolute Gasteiger partial charge is 0.316 e. The maximum absolute atomic E-state index is 10.9. The van der Waals surface area contributed by atoms with Gasteiger partial charge in [0, 0.05) is 12.1 Å². The molecule has 14 heavy (non-hydrogen) atoms. The Kier molecular flexibility index (Phi) is 3.78. The van der Waals surface area contributed by atoms with Crippen molar-refractivity contribution in [3.05, 3.63) is 34.9 Å². The fourth-order valence-electron chi connectivity index (χ4n) is 1.17. The lowest BCUT2D eigenvalue weighted by atomic mass is 10.1. The summed E-state index contributed by atoms with van der Waals surface area (Å²) >= 11 is 11.4. The van der Waals surface area contributed by atoms with E-state index in [0.29, 0.717) is 5.02 Å². The van der Waals surface area contributed by atoms with Crippen LogP contribution in [-0.4, -0.2) is 17.3 Å². The topological polar surface area (TPSA) is 20.3 Å². The van der Waals surface area contributed by atoms with Crippen molar-refractivity contribution in [3.8, 4) is 0 Å². The molecule has 0 saturated carbocycles. The van der Waals surface area contributed by atoms with Crippen LogP contribution in [0.1, 0.15) is 18.5 Å². The van der Waals surface area contributed by atoms with Crippen molar-refractivity contribution in [1.82, 2.24) is 4.90 Å². The van der Waals surface area contributed by atoms with Gasteiger partial charge in [0.1, 0.15) is 0 Å². The maximum Gasteiger partial charge on any atom is 0.316 e. The number of hydrogen-bond donors (Lipinski definition) is 0. The Hall–Kier alpha value is -0.730. The largest absolute Gasteiger partial charge is 0.325 e. The summed E-state index contributed by atoms with van der Waals surface area (Å²) < 4.78 is 0. The molecule has 0 saturated heterocycles. The molecule has 0 aromatic heterocycles. The summed E-state index contributed by atoms with van der Waals surface area (Å²) in [4.78, 5) is 12.4. The third-order valence-electron chi connectivity index (χ3n) is 2.21. The van der Waals surface area contributed by atoms with Crippen LogP contribution in [0.3, 0.4) is 0 Å². The molecule has 1 atom stereocenters. The van der Waals surface area contributed by atoms with Crippen LogP contribution in [0.5, 0.6) is 0 Å². The van der Waals surface area contributed by atoms with E-state index in [9.17, 15) is 4.79 Å². The first-order valence-corrected chi connectivity index (χ1v) is 4.96. The first kappa shape index (κ1) is 11.3. The summed E-state index contributed by atoms with van der Waals surface area (Å²) in [5.41, 5.74) is 0.894. The zero-order chi connectivity index (χ0) is 10.7. The predicted molar refractivity (Wildman–Crippen MR) is 58.9 cm³/mol. The van der Waals surface area contributed by atoms with Crippen molar-refractivity contribution in [2.75, 3.05) is 7.05 Å². The van der Waals surface area contributed by atoms with E-state index >= 15 is 0 Å². The minimum Gasteiger partial charge on any atom is -0.325 e. The summed E-state index contributed by atoms with van der Waals surface area (Å²) in [7, 11) is 1.64. The highest BCUT2D eigenvalue weighted by molar-refractivity contribution is 6.62. The van der Waals surface area contributed by atoms with Crippen LogP contribution in [0.15, 0.2) is 24.3 Å². The molecule has 0 aliphatic rings. The molecule has 4 heteroatoms. The van der Waals surface area contributed by atoms with E-state index in [4.69, 9.17) is 23.2 Å². The Labute approximate surface area is 93.4 Å². The van der Waals surface area contributed by atoms with Gasteiger partial charge in [0.2, 0.25) is 0 Å². The quantitative estimate of drug-likeness (QED) is 0.562. The number of carbonyl (C=O) groups is 1. The van der Waals surface area contributed by atoms with Gasteiger partial charge in [-0.15, -0.1) is 0 Å². The lowest BCUT2D eigenvalue weighted by Crippen LogP contribution is -2.24. The predicted octanol–water partition coefficient (Wildman–Crippen LogP) is 3.69. The Balaban J connectivity index is 2.94. The van der Waals surface area contributed by atoms with E-state index in [0.717, 1.165) is 5.56 Å². The van der Waals surface area contributed by atoms with Gasteiger partial charge in [-0.2, -0.15) is 0 Å². The van der Waals surface area contributed by atoms with Crippen LogP contribution in [0.2, 0.25) is 5.02 Å². The lowest BCUT2D eigenvalue weighted by molar-refractivity contribution is 0.218. The van der Waals surface area contributed by atoms with Crippen molar-refractivity contribution in [1.29, 1.82) is 0 Å². The van der Waals surface area contributed by atoms with E-state index in [1.807, 2.05) is 25.1 Å². The highest BCUT2D eigenvalue weighted by atomic mass is 35.5. The lowest BCUT2D eigenvalue weighted by Gasteiger charge is -2.23. The molecular formula is C10H11Cl2NO. The second-order valence-corrected chi connectivity index (χ2v) is 3.79. The second kappa shape index (κ2) is 4.67. The molecule has 1 amide bonds. The zero-order valence-corrected chi connectivity index (χ0v) is 9.51. The van der Waals surface area contributed by atoms with Crippen LogP contribution in [0, 0.1) is 0 Å². The Morgan fingerprint density at radius 3 is 2.50 bits per heavy atom. The highest BCUT2D eigenvalue weighted by Gasteiger charge is 2.17. The van der Waals surface area contributed by atoms with Gasteiger partial charge < -0.3 is 4.90 Å². The third-order valence-corrected chi connectivity index (χ3v) is 2.82. The summed E-state index contributed by atoms with van der Waals surface area (Å²) in [6, 6.07) is 7.28. The van der Waals surface area contributed by atoms with E-state index in [-0.39, 0.29) is 6.04 Å². The van der Waals surface area contributed by atoms with Gasteiger partial charge in [-0.25, -0.2) is 0 Å². The van der Waals surface area contributed by atoms with Crippen LogP contribution in [-0.2, 0) is 0 Å². The summed E-state index contributed by atoms with van der Waals surface area (Å²) in [6.45, 7) is 1.88. The third kappa shape index (κ3) is 2.40. The number of halogens is 2. The number of rotatable bonds is 2. The van der Waals surface area contributed by atoms with Crippen LogP contribution in [0.25, 0.3) is 0 Å². The van der Waals surface area contributed by atoms with Crippen molar-refractivity contribution in [2.45, 2.75) is 13.0 Å². The van der Waals surface area contributed by atoms with Gasteiger partial charge in [0.25, 0.3) is 0 Å². The molecule has 1 rings (SSSR count). The fraction of sp³-hybridized carbons (Fsp3) is 0.300. The molecule has 1 aromatic carbocycles. The average molecular weight is 232 g/mol. The average Bonchev–Trinajstić information content (AvgIpc) is 2.16. The first-order valence-electron chi connectivity index (χ1n) is 4.20. The van der Waals surface area contributed by atoms with Gasteiger partial charge >= 0.3 is 5.37 Å². The molecule has 0 heterocycles. The molecule has 0 aliphatic carbocycles. The Morgan fingerprint density at radius 1 is 1.43 bits per heavy atom. The minimum absolute atomic E-state index is 0.117. The van der Waals surface area contributed by atoms with Gasteiger partial charge in [-0.05, 0) is 30.2 Å². The number of amides is 1. The number of nitrogens with zero attached hydrogens (tertiary/aromatic N) is 1. The van der Waals surface area contributed by atoms with Gasteiger partial charge in [0.15, 0.2) is 0 Å². The monoisotopic (exact) mass is 231 g/mol. The SMILES string of the molecule is CC(c1ccccc1Cl)N(C)C(=O)Cl. The second-order valence-electron chi connectivity index (χ2n) is 3.06. The first-order chi connectivity index (χ1) is 6.54. The van der Waals surface area contributed by atoms with Crippen molar-refractivity contribution < 1.29 is 4.79 Å². The van der Waals surface area contributed by atoms with Crippen molar-refractivity contribution in [3.63, 3.8) is 0 Å². The number of hydrogen-bond acceptors (Lipinski definition) is 1. The minimum atomic E-state index is -0.489. The van der Waals surface area contributed by atoms with Gasteiger partial charge in [0.05, 0.1) is 6.04 Å². The number of carbonyl (C=O) groups excluding carboxylic acids is 1. The summed E-state index contributed by atoms with van der Waals surface area (Å²) in [5, 5.41) is 0.155. The normalized spacial score (nSPS) is 12.3. The molecule has 0 fully saturated rings. The van der Waals surface area contributed by atoms with Crippen molar-refractivity contribution >= 4 is 28.6 Å². The summed E-state index contributed by atoms with van der Waals surface area (Å²) in [6.07, 6.45) is 0. The Morgan fingerprint density at radius 2 is 2.00 bits per heavy atom. The molecular weight excluding hydrogens is 221 g/mol. The molecule has 0 bridgehead atoms. The van der Waals surface area contributed by atoms with Crippen LogP contribution >= 0.6 is 23.2 Å². The van der Waals surface area contributed by atoms with Gasteiger partial charge in [-0.1, -0.05) is 29.8 Å². The van der Waals surface area contributed by atoms with E-state index in [1.165, 1.54) is 4.90 Å². The van der Waals surface area contributed by atoms with E-state index in [1.54, 1.807) is 13.1 Å². The van der Waals surface area contributed by atoms with E-state index < -0.39 is 5.37 Å². The fourth-order valence-corrected chi connectivity index (χ4v) is 1.61. The summed E-state index contributed by atoms with van der Waals surface area (Å²) in [5.74, 6) is 0. The van der Waals surface area contributed by atoms with Crippen LogP contribution < -0.4 is 0 Å². The molecule has 0 N–H and O–H groups in total. The van der Waals surface area contributed by atoms with Gasteiger partial charge in [-0.3, -0.25) is 4.79 Å². The molecule has 0 aliphatic heterocycles. The molecule has 2 nitrogen and oxygen atoms in total. The molecule has 0 radical (unpaired) electrons. The molecule has 1 unspecified atom stereocenters. The highest BCUT2D eigenvalue weighted by Crippen LogP contribution is 2.26. The van der Waals surface area contributed by atoms with Crippen LogP contribution in [0.4, 0.5) is 4.79 Å². The Bertz CT molecular complexity index is 341. The van der Waals surface area contributed by atoms with E-state index in [2.05, 4.69) is 0 Å². The molecule has 1 aromatic rings. The molecule has 0 spiro atoms. The number of benzene rings is 1.